The van der Waals surface area contributed by atoms with Crippen molar-refractivity contribution in [2.45, 2.75) is 0 Å². The Morgan fingerprint density at radius 2 is 1.00 bits per heavy atom. The molecular weight excluding hydrogens is 709 g/mol. The maximum absolute atomic E-state index is 10.9. The van der Waals surface area contributed by atoms with Crippen LogP contribution in [0.25, 0.3) is 21.9 Å². The quantitative estimate of drug-likeness (QED) is 0.121. The van der Waals surface area contributed by atoms with Crippen LogP contribution in [0.5, 0.6) is 11.5 Å². The first-order valence-electron chi connectivity index (χ1n) is 18.4. The molecular formula is C50H44N2O5. The number of fused-ring (bicyclic) bond motifs is 1. The van der Waals surface area contributed by atoms with Crippen LogP contribution in [0.15, 0.2) is 170 Å². The smallest absolute Gasteiger partial charge is 0.317 e. The summed E-state index contributed by atoms with van der Waals surface area (Å²) < 4.78 is 5.81. The number of carboxylic acid groups (broad SMARTS) is 2. The number of benzene rings is 6. The molecule has 0 aliphatic rings. The van der Waals surface area contributed by atoms with Crippen LogP contribution in [0.1, 0.15) is 22.3 Å². The van der Waals surface area contributed by atoms with Gasteiger partial charge >= 0.3 is 11.9 Å². The van der Waals surface area contributed by atoms with Crippen LogP contribution in [0, 0.1) is 23.7 Å². The summed E-state index contributed by atoms with van der Waals surface area (Å²) in [5, 5.41) is 20.2. The molecule has 0 saturated heterocycles. The molecule has 0 radical (unpaired) electrons. The fourth-order valence-electron chi connectivity index (χ4n) is 5.64. The Balaban J connectivity index is 0.000000219. The lowest BCUT2D eigenvalue weighted by molar-refractivity contribution is -0.138. The summed E-state index contributed by atoms with van der Waals surface area (Å²) in [6, 6.07) is 51.4. The van der Waals surface area contributed by atoms with E-state index in [1.807, 2.05) is 152 Å². The number of ether oxygens (including phenoxy) is 1. The van der Waals surface area contributed by atoms with Crippen LogP contribution in [0.2, 0.25) is 0 Å². The first-order valence-corrected chi connectivity index (χ1v) is 18.4. The van der Waals surface area contributed by atoms with Gasteiger partial charge in [0.15, 0.2) is 0 Å². The number of hydrogen-bond acceptors (Lipinski definition) is 5. The SMILES string of the molecule is CN(CC=C(C#Cc1ccc(Oc2ccccc2)cc1)c1ccccc1)CC(=O)O.CN(CC=C(C#Cc1cccc2ccccc12)c1ccccc1)CC(=O)O. The van der Waals surface area contributed by atoms with Gasteiger partial charge in [0.05, 0.1) is 13.1 Å². The van der Waals surface area contributed by atoms with Crippen molar-refractivity contribution in [2.75, 3.05) is 40.3 Å². The second kappa shape index (κ2) is 21.7. The Morgan fingerprint density at radius 3 is 1.54 bits per heavy atom. The van der Waals surface area contributed by atoms with Crippen molar-refractivity contribution in [3.8, 4) is 35.2 Å². The van der Waals surface area contributed by atoms with E-state index < -0.39 is 11.9 Å². The van der Waals surface area contributed by atoms with Gasteiger partial charge in [-0.05, 0) is 78.5 Å². The van der Waals surface area contributed by atoms with Gasteiger partial charge in [-0.2, -0.15) is 0 Å². The summed E-state index contributed by atoms with van der Waals surface area (Å²) in [4.78, 5) is 25.2. The van der Waals surface area contributed by atoms with E-state index in [0.29, 0.717) is 13.1 Å². The van der Waals surface area contributed by atoms with Crippen molar-refractivity contribution in [2.24, 2.45) is 0 Å². The van der Waals surface area contributed by atoms with E-state index in [2.05, 4.69) is 41.9 Å². The third-order valence-electron chi connectivity index (χ3n) is 8.49. The molecule has 0 saturated carbocycles. The first kappa shape index (κ1) is 41.0. The van der Waals surface area contributed by atoms with Gasteiger partial charge in [-0.25, -0.2) is 0 Å². The second-order valence-corrected chi connectivity index (χ2v) is 13.1. The molecule has 0 amide bonds. The highest BCUT2D eigenvalue weighted by molar-refractivity contribution is 5.89. The topological polar surface area (TPSA) is 90.3 Å². The standard InChI is InChI=1S/C26H23NO3.C24H21NO2/c1-27(20-26(28)29)19-18-23(22-8-4-2-5-9-22)15-12-21-13-16-25(17-14-21)30-24-10-6-3-7-11-24;1-25(18-24(26)27)17-16-20(19-8-3-2-4-9-19)14-15-22-12-7-11-21-10-5-6-13-23(21)22/h2-11,13-14,16-18H,19-20H2,1H3,(H,28,29);2-13,16H,17-18H2,1H3,(H,26,27). The molecule has 0 bridgehead atoms. The molecule has 284 valence electrons. The van der Waals surface area contributed by atoms with Gasteiger partial charge in [0.25, 0.3) is 0 Å². The molecule has 57 heavy (non-hydrogen) atoms. The fraction of sp³-hybridized carbons (Fsp3) is 0.120. The van der Waals surface area contributed by atoms with E-state index >= 15 is 0 Å². The lowest BCUT2D eigenvalue weighted by atomic mass is 10.0. The molecule has 2 N–H and O–H groups in total. The van der Waals surface area contributed by atoms with Crippen molar-refractivity contribution in [3.63, 3.8) is 0 Å². The number of hydrogen-bond donors (Lipinski definition) is 2. The summed E-state index contributed by atoms with van der Waals surface area (Å²) in [5.74, 6) is 12.9. The van der Waals surface area contributed by atoms with Crippen LogP contribution in [0.3, 0.4) is 0 Å². The normalized spacial score (nSPS) is 11.1. The molecule has 6 rings (SSSR count). The Hall–Kier alpha value is -7.16. The Morgan fingerprint density at radius 1 is 0.544 bits per heavy atom. The monoisotopic (exact) mass is 752 g/mol. The van der Waals surface area contributed by atoms with E-state index in [1.54, 1.807) is 23.9 Å². The van der Waals surface area contributed by atoms with Crippen molar-refractivity contribution in [1.29, 1.82) is 0 Å². The van der Waals surface area contributed by atoms with Crippen LogP contribution in [-0.4, -0.2) is 72.2 Å². The lowest BCUT2D eigenvalue weighted by Gasteiger charge is -2.11. The Bertz CT molecular complexity index is 2410. The number of carboxylic acids is 2. The van der Waals surface area contributed by atoms with Crippen LogP contribution >= 0.6 is 0 Å². The molecule has 7 nitrogen and oxygen atoms in total. The second-order valence-electron chi connectivity index (χ2n) is 13.1. The lowest BCUT2D eigenvalue weighted by Crippen LogP contribution is -2.25. The summed E-state index contributed by atoms with van der Waals surface area (Å²) >= 11 is 0. The number of allylic oxidation sites excluding steroid dienone is 2. The molecule has 0 heterocycles. The van der Waals surface area contributed by atoms with Crippen LogP contribution < -0.4 is 4.74 Å². The van der Waals surface area contributed by atoms with Gasteiger partial charge in [0.2, 0.25) is 0 Å². The fourth-order valence-corrected chi connectivity index (χ4v) is 5.64. The highest BCUT2D eigenvalue weighted by Gasteiger charge is 2.06. The van der Waals surface area contributed by atoms with Gasteiger partial charge in [0.1, 0.15) is 11.5 Å². The third-order valence-corrected chi connectivity index (χ3v) is 8.49. The molecule has 6 aromatic carbocycles. The third kappa shape index (κ3) is 13.9. The zero-order valence-electron chi connectivity index (χ0n) is 32.0. The molecule has 0 spiro atoms. The number of para-hydroxylation sites is 1. The number of rotatable bonds is 12. The number of aliphatic carboxylic acids is 2. The zero-order chi connectivity index (χ0) is 40.2. The van der Waals surface area contributed by atoms with Gasteiger partial charge in [-0.1, -0.05) is 151 Å². The van der Waals surface area contributed by atoms with Crippen molar-refractivity contribution in [1.82, 2.24) is 9.80 Å². The van der Waals surface area contributed by atoms with Crippen LogP contribution in [0.4, 0.5) is 0 Å². The summed E-state index contributed by atoms with van der Waals surface area (Å²) in [6.45, 7) is 0.986. The Labute approximate surface area is 334 Å². The average molecular weight is 753 g/mol. The highest BCUT2D eigenvalue weighted by Crippen LogP contribution is 2.22. The molecule has 0 unspecified atom stereocenters. The molecule has 0 aromatic heterocycles. The van der Waals surface area contributed by atoms with E-state index in [9.17, 15) is 9.59 Å². The molecule has 0 aliphatic heterocycles. The van der Waals surface area contributed by atoms with Crippen molar-refractivity contribution < 1.29 is 24.5 Å². The number of nitrogens with zero attached hydrogens (tertiary/aromatic N) is 2. The average Bonchev–Trinajstić information content (AvgIpc) is 3.22. The predicted octanol–water partition coefficient (Wildman–Crippen LogP) is 9.22. The largest absolute Gasteiger partial charge is 0.480 e. The first-order chi connectivity index (χ1) is 27.7. The minimum Gasteiger partial charge on any atom is -0.480 e. The predicted molar refractivity (Wildman–Crippen MR) is 230 cm³/mol. The van der Waals surface area contributed by atoms with Gasteiger partial charge in [0, 0.05) is 35.4 Å². The summed E-state index contributed by atoms with van der Waals surface area (Å²) in [7, 11) is 3.55. The molecule has 0 fully saturated rings. The minimum atomic E-state index is -0.851. The van der Waals surface area contributed by atoms with E-state index in [0.717, 1.165) is 55.7 Å². The van der Waals surface area contributed by atoms with E-state index in [1.165, 1.54) is 0 Å². The molecule has 0 aliphatic carbocycles. The minimum absolute atomic E-state index is 0.00464. The highest BCUT2D eigenvalue weighted by atomic mass is 16.5. The maximum Gasteiger partial charge on any atom is 0.317 e. The van der Waals surface area contributed by atoms with Gasteiger partial charge < -0.3 is 14.9 Å². The number of likely N-dealkylation sites (N-methyl/N-ethyl adjacent to an activating group) is 2. The van der Waals surface area contributed by atoms with Crippen molar-refractivity contribution in [3.05, 3.63) is 192 Å². The van der Waals surface area contributed by atoms with Crippen LogP contribution in [-0.2, 0) is 9.59 Å². The Kier molecular flexibility index (Phi) is 15.6. The zero-order valence-corrected chi connectivity index (χ0v) is 32.0. The van der Waals surface area contributed by atoms with E-state index in [4.69, 9.17) is 14.9 Å². The summed E-state index contributed by atoms with van der Waals surface area (Å²) in [6.07, 6.45) is 3.94. The molecule has 6 aromatic rings. The van der Waals surface area contributed by atoms with Gasteiger partial charge in [-0.15, -0.1) is 0 Å². The number of carbonyl (C=O) groups is 2. The summed E-state index contributed by atoms with van der Waals surface area (Å²) in [5.41, 5.74) is 5.62. The molecule has 0 atom stereocenters. The van der Waals surface area contributed by atoms with Crippen molar-refractivity contribution >= 4 is 33.9 Å². The molecule has 7 heteroatoms. The maximum atomic E-state index is 10.9. The van der Waals surface area contributed by atoms with Gasteiger partial charge in [-0.3, -0.25) is 19.4 Å². The van der Waals surface area contributed by atoms with E-state index in [-0.39, 0.29) is 13.1 Å².